The van der Waals surface area contributed by atoms with Gasteiger partial charge in [0.05, 0.1) is 23.2 Å². The van der Waals surface area contributed by atoms with Crippen molar-refractivity contribution in [1.29, 1.82) is 0 Å². The smallest absolute Gasteiger partial charge is 0.291 e. The summed E-state index contributed by atoms with van der Waals surface area (Å²) in [5.74, 6) is -0.330. The molecule has 1 aliphatic rings. The number of nitrogens with one attached hydrogen (secondary N) is 1. The molecule has 0 aliphatic carbocycles. The van der Waals surface area contributed by atoms with Crippen LogP contribution in [0.4, 0.5) is 0 Å². The largest absolute Gasteiger partial charge is 0.494 e. The van der Waals surface area contributed by atoms with E-state index in [1.54, 1.807) is 25.1 Å². The molecule has 0 saturated carbocycles. The predicted octanol–water partition coefficient (Wildman–Crippen LogP) is 3.35. The van der Waals surface area contributed by atoms with Gasteiger partial charge in [-0.05, 0) is 57.9 Å². The van der Waals surface area contributed by atoms with Crippen molar-refractivity contribution in [2.24, 2.45) is 0 Å². The van der Waals surface area contributed by atoms with Gasteiger partial charge in [0, 0.05) is 6.54 Å². The van der Waals surface area contributed by atoms with Gasteiger partial charge >= 0.3 is 0 Å². The van der Waals surface area contributed by atoms with Crippen molar-refractivity contribution in [3.8, 4) is 5.75 Å². The molecule has 2 aromatic carbocycles. The van der Waals surface area contributed by atoms with Crippen LogP contribution in [-0.2, 0) is 26.0 Å². The number of hydrogen-bond donors (Lipinski definition) is 1. The van der Waals surface area contributed by atoms with Crippen molar-refractivity contribution in [3.63, 3.8) is 0 Å². The first-order valence-corrected chi connectivity index (χ1v) is 13.3. The fraction of sp³-hybridized carbons (Fsp3) is 0.375. The van der Waals surface area contributed by atoms with Gasteiger partial charge in [0.25, 0.3) is 15.9 Å². The van der Waals surface area contributed by atoms with E-state index in [1.807, 2.05) is 39.0 Å². The highest BCUT2D eigenvalue weighted by atomic mass is 32.2. The summed E-state index contributed by atoms with van der Waals surface area (Å²) in [5.41, 5.74) is 2.25. The van der Waals surface area contributed by atoms with Gasteiger partial charge in [-0.1, -0.05) is 29.3 Å². The van der Waals surface area contributed by atoms with Gasteiger partial charge < -0.3 is 9.64 Å². The van der Waals surface area contributed by atoms with Gasteiger partial charge in [0.15, 0.2) is 0 Å². The zero-order valence-corrected chi connectivity index (χ0v) is 21.2. The van der Waals surface area contributed by atoms with Crippen LogP contribution in [0.5, 0.6) is 5.75 Å². The summed E-state index contributed by atoms with van der Waals surface area (Å²) in [6.07, 6.45) is 0.530. The molecule has 34 heavy (non-hydrogen) atoms. The first kappa shape index (κ1) is 24.2. The molecule has 0 bridgehead atoms. The molecule has 8 nitrogen and oxygen atoms in total. The molecular formula is C24H27N3O5S2. The number of aryl methyl sites for hydroxylation is 2. The van der Waals surface area contributed by atoms with Crippen LogP contribution in [-0.4, -0.2) is 48.8 Å². The summed E-state index contributed by atoms with van der Waals surface area (Å²) in [7, 11) is -4.20. The van der Waals surface area contributed by atoms with Crippen molar-refractivity contribution in [3.05, 3.63) is 53.1 Å². The van der Waals surface area contributed by atoms with Crippen LogP contribution in [0.3, 0.4) is 0 Å². The summed E-state index contributed by atoms with van der Waals surface area (Å²) >= 11 is 0.960. The van der Waals surface area contributed by atoms with E-state index in [0.29, 0.717) is 35.5 Å². The van der Waals surface area contributed by atoms with Crippen LogP contribution in [0, 0.1) is 13.8 Å². The van der Waals surface area contributed by atoms with Gasteiger partial charge in [-0.15, -0.1) is 11.3 Å². The number of carbonyl (C=O) groups excluding carboxylic acids is 2. The number of rotatable bonds is 7. The molecule has 1 aromatic heterocycles. The first-order valence-electron chi connectivity index (χ1n) is 11.0. The zero-order chi connectivity index (χ0) is 24.7. The van der Waals surface area contributed by atoms with Gasteiger partial charge in [-0.25, -0.2) is 9.71 Å². The fourth-order valence-electron chi connectivity index (χ4n) is 4.17. The maximum atomic E-state index is 13.0. The minimum Gasteiger partial charge on any atom is -0.494 e. The van der Waals surface area contributed by atoms with Gasteiger partial charge in [0.2, 0.25) is 10.2 Å². The number of benzene rings is 2. The third-order valence-electron chi connectivity index (χ3n) is 5.95. The van der Waals surface area contributed by atoms with Crippen LogP contribution in [0.1, 0.15) is 37.0 Å². The Labute approximate surface area is 203 Å². The lowest BCUT2D eigenvalue weighted by atomic mass is 9.85. The number of ether oxygens (including phenoxy) is 1. The third kappa shape index (κ3) is 4.65. The Bertz CT molecular complexity index is 1360. The van der Waals surface area contributed by atoms with Crippen LogP contribution >= 0.6 is 11.3 Å². The molecule has 2 heterocycles. The maximum Gasteiger partial charge on any atom is 0.291 e. The molecule has 10 heteroatoms. The van der Waals surface area contributed by atoms with Gasteiger partial charge in [-0.2, -0.15) is 8.42 Å². The number of thiazole rings is 1. The van der Waals surface area contributed by atoms with Crippen molar-refractivity contribution in [1.82, 2.24) is 14.6 Å². The highest BCUT2D eigenvalue weighted by Crippen LogP contribution is 2.33. The Morgan fingerprint density at radius 2 is 1.88 bits per heavy atom. The minimum atomic E-state index is -4.20. The fourth-order valence-corrected chi connectivity index (χ4v) is 6.50. The highest BCUT2D eigenvalue weighted by molar-refractivity contribution is 7.92. The predicted molar refractivity (Wildman–Crippen MR) is 130 cm³/mol. The van der Waals surface area contributed by atoms with Gasteiger partial charge in [-0.3, -0.25) is 9.59 Å². The van der Waals surface area contributed by atoms with Crippen molar-refractivity contribution in [2.45, 2.75) is 50.4 Å². The van der Waals surface area contributed by atoms with E-state index >= 15 is 0 Å². The summed E-state index contributed by atoms with van der Waals surface area (Å²) in [5, 5.41) is 0. The molecule has 0 spiro atoms. The lowest BCUT2D eigenvalue weighted by Gasteiger charge is -2.48. The second-order valence-corrected chi connectivity index (χ2v) is 11.6. The van der Waals surface area contributed by atoms with E-state index < -0.39 is 21.5 Å². The van der Waals surface area contributed by atoms with E-state index in [4.69, 9.17) is 4.74 Å². The Morgan fingerprint density at radius 1 is 1.18 bits per heavy atom. The summed E-state index contributed by atoms with van der Waals surface area (Å²) < 4.78 is 33.9. The molecule has 1 atom stereocenters. The van der Waals surface area contributed by atoms with Crippen LogP contribution < -0.4 is 9.46 Å². The Morgan fingerprint density at radius 3 is 2.50 bits per heavy atom. The number of sulfonamides is 1. The average molecular weight is 502 g/mol. The van der Waals surface area contributed by atoms with Crippen LogP contribution in [0.15, 0.2) is 40.7 Å². The van der Waals surface area contributed by atoms with E-state index in [2.05, 4.69) is 9.71 Å². The quantitative estimate of drug-likeness (QED) is 0.532. The Kier molecular flexibility index (Phi) is 6.39. The van der Waals surface area contributed by atoms with Crippen LogP contribution in [0.25, 0.3) is 10.2 Å². The van der Waals surface area contributed by atoms with Gasteiger partial charge in [0.1, 0.15) is 11.3 Å². The van der Waals surface area contributed by atoms with Crippen molar-refractivity contribution in [2.75, 3.05) is 13.2 Å². The third-order valence-corrected chi connectivity index (χ3v) is 8.68. The number of amides is 2. The number of likely N-dealkylation sites (tertiary alicyclic amines) is 1. The molecule has 0 radical (unpaired) electrons. The van der Waals surface area contributed by atoms with Crippen LogP contribution in [0.2, 0.25) is 0 Å². The highest BCUT2D eigenvalue weighted by Gasteiger charge is 2.50. The molecule has 1 N–H and O–H groups in total. The minimum absolute atomic E-state index is 0.151. The van der Waals surface area contributed by atoms with E-state index in [0.717, 1.165) is 28.0 Å². The van der Waals surface area contributed by atoms with Crippen molar-refractivity contribution < 1.29 is 22.7 Å². The molecule has 180 valence electrons. The monoisotopic (exact) mass is 501 g/mol. The topological polar surface area (TPSA) is 106 Å². The molecule has 4 rings (SSSR count). The van der Waals surface area contributed by atoms with E-state index in [9.17, 15) is 18.0 Å². The molecular weight excluding hydrogens is 474 g/mol. The Balaban J connectivity index is 1.49. The normalized spacial score (nSPS) is 17.9. The number of aromatic nitrogens is 1. The van der Waals surface area contributed by atoms with Crippen molar-refractivity contribution >= 4 is 43.4 Å². The summed E-state index contributed by atoms with van der Waals surface area (Å²) in [4.78, 5) is 31.6. The second kappa shape index (κ2) is 8.99. The molecule has 1 saturated heterocycles. The number of fused-ring (bicyclic) bond motifs is 1. The first-order chi connectivity index (χ1) is 16.0. The standard InChI is InChI=1S/C24H27N3O5S2/c1-5-32-18-6-7-19-20(14-18)33-23(25-19)34(30,31)26-22(29)24(4)8-9-27(24)21(28)13-17-11-15(2)10-16(3)12-17/h6-7,10-12,14H,5,8-9,13H2,1-4H3,(H,26,29). The zero-order valence-electron chi connectivity index (χ0n) is 19.5. The maximum absolute atomic E-state index is 13.0. The molecule has 1 unspecified atom stereocenters. The molecule has 1 fully saturated rings. The molecule has 2 amide bonds. The second-order valence-electron chi connectivity index (χ2n) is 8.72. The number of hydrogen-bond acceptors (Lipinski definition) is 7. The lowest BCUT2D eigenvalue weighted by Crippen LogP contribution is -2.68. The number of nitrogens with zero attached hydrogens (tertiary/aromatic N) is 2. The Hall–Kier alpha value is -2.98. The summed E-state index contributed by atoms with van der Waals surface area (Å²) in [6.45, 7) is 8.27. The SMILES string of the molecule is CCOc1ccc2nc(S(=O)(=O)NC(=O)C3(C)CCN3C(=O)Cc3cc(C)cc(C)c3)sc2c1. The summed E-state index contributed by atoms with van der Waals surface area (Å²) in [6, 6.07) is 11.0. The lowest BCUT2D eigenvalue weighted by molar-refractivity contribution is -0.156. The van der Waals surface area contributed by atoms with E-state index in [-0.39, 0.29) is 16.7 Å². The molecule has 3 aromatic rings. The van der Waals surface area contributed by atoms with E-state index in [1.165, 1.54) is 4.90 Å². The molecule has 1 aliphatic heterocycles. The average Bonchev–Trinajstić information content (AvgIpc) is 3.16. The number of carbonyl (C=O) groups is 2.